The average molecular weight is 282 g/mol. The molecule has 1 aromatic carbocycles. The summed E-state index contributed by atoms with van der Waals surface area (Å²) in [6.45, 7) is 0. The van der Waals surface area contributed by atoms with Crippen LogP contribution in [0.1, 0.15) is 5.69 Å². The van der Waals surface area contributed by atoms with Crippen LogP contribution in [-0.2, 0) is 0 Å². The number of nitrogens with zero attached hydrogens (tertiary/aromatic N) is 2. The first-order valence-electron chi connectivity index (χ1n) is 4.88. The highest BCUT2D eigenvalue weighted by Gasteiger charge is 2.08. The molecule has 3 nitrogen and oxygen atoms in total. The van der Waals surface area contributed by atoms with Crippen molar-refractivity contribution in [1.82, 2.24) is 4.98 Å². The summed E-state index contributed by atoms with van der Waals surface area (Å²) in [6.07, 6.45) is 1.47. The van der Waals surface area contributed by atoms with Gasteiger partial charge in [0.15, 0.2) is 0 Å². The minimum Gasteiger partial charge on any atom is -0.352 e. The SMILES string of the molecule is N#Cc1ccc(Nc2c(Cl)cc(F)cc2Cl)cn1. The number of nitrogens with one attached hydrogen (secondary N) is 1. The van der Waals surface area contributed by atoms with Crippen molar-refractivity contribution in [3.8, 4) is 6.07 Å². The van der Waals surface area contributed by atoms with Crippen LogP contribution in [0, 0.1) is 17.1 Å². The number of aromatic nitrogens is 1. The molecule has 0 saturated carbocycles. The lowest BCUT2D eigenvalue weighted by atomic mass is 10.3. The van der Waals surface area contributed by atoms with Gasteiger partial charge in [0.1, 0.15) is 17.6 Å². The second kappa shape index (κ2) is 5.21. The summed E-state index contributed by atoms with van der Waals surface area (Å²) < 4.78 is 13.0. The fourth-order valence-corrected chi connectivity index (χ4v) is 1.89. The quantitative estimate of drug-likeness (QED) is 0.900. The van der Waals surface area contributed by atoms with Gasteiger partial charge in [-0.15, -0.1) is 0 Å². The summed E-state index contributed by atoms with van der Waals surface area (Å²) in [5.74, 6) is -0.506. The summed E-state index contributed by atoms with van der Waals surface area (Å²) in [5, 5.41) is 11.9. The Morgan fingerprint density at radius 1 is 1.22 bits per heavy atom. The van der Waals surface area contributed by atoms with Gasteiger partial charge in [0, 0.05) is 0 Å². The van der Waals surface area contributed by atoms with E-state index in [4.69, 9.17) is 28.5 Å². The van der Waals surface area contributed by atoms with Gasteiger partial charge >= 0.3 is 0 Å². The Hall–Kier alpha value is -1.83. The van der Waals surface area contributed by atoms with E-state index in [1.54, 1.807) is 12.1 Å². The highest BCUT2D eigenvalue weighted by molar-refractivity contribution is 6.39. The van der Waals surface area contributed by atoms with Crippen molar-refractivity contribution in [3.63, 3.8) is 0 Å². The van der Waals surface area contributed by atoms with Crippen LogP contribution in [0.5, 0.6) is 0 Å². The van der Waals surface area contributed by atoms with Gasteiger partial charge in [-0.1, -0.05) is 23.2 Å². The normalized spacial score (nSPS) is 9.89. The van der Waals surface area contributed by atoms with Crippen LogP contribution in [0.25, 0.3) is 0 Å². The largest absolute Gasteiger partial charge is 0.352 e. The average Bonchev–Trinajstić information content (AvgIpc) is 2.34. The van der Waals surface area contributed by atoms with E-state index in [0.717, 1.165) is 12.1 Å². The van der Waals surface area contributed by atoms with E-state index >= 15 is 0 Å². The highest BCUT2D eigenvalue weighted by atomic mass is 35.5. The first kappa shape index (κ1) is 12.6. The number of rotatable bonds is 2. The molecule has 1 N–H and O–H groups in total. The van der Waals surface area contributed by atoms with Crippen LogP contribution < -0.4 is 5.32 Å². The van der Waals surface area contributed by atoms with E-state index in [1.807, 2.05) is 6.07 Å². The Balaban J connectivity index is 2.31. The third-order valence-electron chi connectivity index (χ3n) is 2.15. The molecular weight excluding hydrogens is 276 g/mol. The molecule has 0 amide bonds. The molecule has 2 rings (SSSR count). The van der Waals surface area contributed by atoms with Gasteiger partial charge in [-0.05, 0) is 24.3 Å². The molecule has 1 heterocycles. The minimum absolute atomic E-state index is 0.171. The Bertz CT molecular complexity index is 597. The molecule has 0 atom stereocenters. The second-order valence-electron chi connectivity index (χ2n) is 3.41. The zero-order chi connectivity index (χ0) is 13.1. The maximum atomic E-state index is 13.0. The lowest BCUT2D eigenvalue weighted by molar-refractivity contribution is 0.628. The van der Waals surface area contributed by atoms with E-state index in [-0.39, 0.29) is 10.0 Å². The van der Waals surface area contributed by atoms with Crippen molar-refractivity contribution in [2.24, 2.45) is 0 Å². The third kappa shape index (κ3) is 2.70. The van der Waals surface area contributed by atoms with E-state index in [9.17, 15) is 4.39 Å². The molecule has 0 aliphatic carbocycles. The Labute approximate surface area is 113 Å². The van der Waals surface area contributed by atoms with Crippen molar-refractivity contribution in [1.29, 1.82) is 5.26 Å². The van der Waals surface area contributed by atoms with Gasteiger partial charge in [0.05, 0.1) is 27.6 Å². The van der Waals surface area contributed by atoms with Gasteiger partial charge in [-0.3, -0.25) is 0 Å². The number of halogens is 3. The smallest absolute Gasteiger partial charge is 0.140 e. The lowest BCUT2D eigenvalue weighted by Crippen LogP contribution is -1.94. The molecule has 1 aromatic heterocycles. The Morgan fingerprint density at radius 2 is 1.89 bits per heavy atom. The Kier molecular flexibility index (Phi) is 3.66. The number of hydrogen-bond donors (Lipinski definition) is 1. The third-order valence-corrected chi connectivity index (χ3v) is 2.75. The number of anilines is 2. The number of hydrogen-bond acceptors (Lipinski definition) is 3. The lowest BCUT2D eigenvalue weighted by Gasteiger charge is -2.10. The molecule has 0 aliphatic heterocycles. The maximum absolute atomic E-state index is 13.0. The van der Waals surface area contributed by atoms with Crippen molar-refractivity contribution in [3.05, 3.63) is 52.0 Å². The standard InChI is InChI=1S/C12H6Cl2FN3/c13-10-3-7(15)4-11(14)12(10)18-9-2-1-8(5-16)17-6-9/h1-4,6,18H. The van der Waals surface area contributed by atoms with Gasteiger partial charge in [-0.25, -0.2) is 9.37 Å². The molecular formula is C12H6Cl2FN3. The first-order valence-corrected chi connectivity index (χ1v) is 5.63. The summed E-state index contributed by atoms with van der Waals surface area (Å²) in [6, 6.07) is 7.43. The maximum Gasteiger partial charge on any atom is 0.140 e. The van der Waals surface area contributed by atoms with Crippen LogP contribution >= 0.6 is 23.2 Å². The number of nitriles is 1. The zero-order valence-corrected chi connectivity index (χ0v) is 10.4. The molecule has 0 radical (unpaired) electrons. The van der Waals surface area contributed by atoms with Crippen LogP contribution in [0.15, 0.2) is 30.5 Å². The molecule has 0 saturated heterocycles. The molecule has 6 heteroatoms. The zero-order valence-electron chi connectivity index (χ0n) is 8.92. The van der Waals surface area contributed by atoms with E-state index in [1.165, 1.54) is 6.20 Å². The number of pyridine rings is 1. The topological polar surface area (TPSA) is 48.7 Å². The van der Waals surface area contributed by atoms with Crippen molar-refractivity contribution < 1.29 is 4.39 Å². The summed E-state index contributed by atoms with van der Waals surface area (Å²) in [4.78, 5) is 3.89. The molecule has 18 heavy (non-hydrogen) atoms. The van der Waals surface area contributed by atoms with Crippen LogP contribution in [0.2, 0.25) is 10.0 Å². The van der Waals surface area contributed by atoms with Crippen LogP contribution in [0.3, 0.4) is 0 Å². The second-order valence-corrected chi connectivity index (χ2v) is 4.23. The fourth-order valence-electron chi connectivity index (χ4n) is 1.34. The van der Waals surface area contributed by atoms with Crippen LogP contribution in [-0.4, -0.2) is 4.98 Å². The molecule has 0 fully saturated rings. The summed E-state index contributed by atoms with van der Waals surface area (Å²) in [5.41, 5.74) is 1.30. The van der Waals surface area contributed by atoms with Gasteiger partial charge in [0.25, 0.3) is 0 Å². The van der Waals surface area contributed by atoms with Crippen molar-refractivity contribution >= 4 is 34.6 Å². The summed E-state index contributed by atoms with van der Waals surface area (Å²) in [7, 11) is 0. The van der Waals surface area contributed by atoms with Gasteiger partial charge < -0.3 is 5.32 Å². The molecule has 0 unspecified atom stereocenters. The van der Waals surface area contributed by atoms with Crippen molar-refractivity contribution in [2.75, 3.05) is 5.32 Å². The molecule has 90 valence electrons. The monoisotopic (exact) mass is 281 g/mol. The number of benzene rings is 1. The fraction of sp³-hybridized carbons (Fsp3) is 0. The molecule has 0 spiro atoms. The van der Waals surface area contributed by atoms with Gasteiger partial charge in [-0.2, -0.15) is 5.26 Å². The Morgan fingerprint density at radius 3 is 2.39 bits per heavy atom. The molecule has 2 aromatic rings. The first-order chi connectivity index (χ1) is 8.60. The predicted molar refractivity (Wildman–Crippen MR) is 68.7 cm³/mol. The highest BCUT2D eigenvalue weighted by Crippen LogP contribution is 2.33. The molecule has 0 bridgehead atoms. The molecule has 0 aliphatic rings. The van der Waals surface area contributed by atoms with Gasteiger partial charge in [0.2, 0.25) is 0 Å². The van der Waals surface area contributed by atoms with Crippen LogP contribution in [0.4, 0.5) is 15.8 Å². The van der Waals surface area contributed by atoms with E-state index < -0.39 is 5.82 Å². The van der Waals surface area contributed by atoms with Crippen molar-refractivity contribution in [2.45, 2.75) is 0 Å². The predicted octanol–water partition coefficient (Wildman–Crippen LogP) is 4.14. The summed E-state index contributed by atoms with van der Waals surface area (Å²) >= 11 is 11.8. The van der Waals surface area contributed by atoms with E-state index in [0.29, 0.717) is 17.1 Å². The van der Waals surface area contributed by atoms with E-state index in [2.05, 4.69) is 10.3 Å². The minimum atomic E-state index is -0.506.